The summed E-state index contributed by atoms with van der Waals surface area (Å²) < 4.78 is 1.55. The predicted octanol–water partition coefficient (Wildman–Crippen LogP) is 2.36. The van der Waals surface area contributed by atoms with Crippen molar-refractivity contribution in [3.63, 3.8) is 0 Å². The maximum atomic E-state index is 12.3. The zero-order chi connectivity index (χ0) is 15.4. The lowest BCUT2D eigenvalue weighted by atomic mass is 9.98. The van der Waals surface area contributed by atoms with Crippen molar-refractivity contribution in [3.8, 4) is 5.69 Å². The number of hydrogen-bond acceptors (Lipinski definition) is 4. The van der Waals surface area contributed by atoms with Crippen LogP contribution in [0.2, 0.25) is 0 Å². The van der Waals surface area contributed by atoms with Crippen LogP contribution in [0.5, 0.6) is 0 Å². The maximum absolute atomic E-state index is 12.3. The highest BCUT2D eigenvalue weighted by Gasteiger charge is 2.13. The number of aryl methyl sites for hydroxylation is 3. The van der Waals surface area contributed by atoms with E-state index in [1.807, 2.05) is 0 Å². The lowest BCUT2D eigenvalue weighted by Gasteiger charge is -2.16. The lowest BCUT2D eigenvalue weighted by molar-refractivity contribution is 0.834. The fourth-order valence-electron chi connectivity index (χ4n) is 2.49. The highest BCUT2D eigenvalue weighted by Crippen LogP contribution is 2.22. The minimum atomic E-state index is -0.303. The zero-order valence-electron chi connectivity index (χ0n) is 13.1. The zero-order valence-corrected chi connectivity index (χ0v) is 13.1. The van der Waals surface area contributed by atoms with E-state index >= 15 is 0 Å². The summed E-state index contributed by atoms with van der Waals surface area (Å²) in [7, 11) is 1.70. The molecule has 0 fully saturated rings. The van der Waals surface area contributed by atoms with Crippen LogP contribution >= 0.6 is 0 Å². The third-order valence-electron chi connectivity index (χ3n) is 3.67. The van der Waals surface area contributed by atoms with Gasteiger partial charge in [-0.05, 0) is 36.0 Å². The molecule has 21 heavy (non-hydrogen) atoms. The van der Waals surface area contributed by atoms with Crippen molar-refractivity contribution in [1.82, 2.24) is 14.5 Å². The van der Waals surface area contributed by atoms with Crippen molar-refractivity contribution in [1.29, 1.82) is 0 Å². The number of aromatic nitrogens is 3. The highest BCUT2D eigenvalue weighted by atomic mass is 16.1. The van der Waals surface area contributed by atoms with E-state index in [4.69, 9.17) is 0 Å². The van der Waals surface area contributed by atoms with Crippen molar-refractivity contribution in [2.45, 2.75) is 40.0 Å². The summed E-state index contributed by atoms with van der Waals surface area (Å²) in [5, 5.41) is 2.79. The first-order valence-electron chi connectivity index (χ1n) is 7.43. The molecule has 0 radical (unpaired) electrons. The van der Waals surface area contributed by atoms with Crippen LogP contribution in [0, 0.1) is 0 Å². The molecular formula is C16H22N4O. The van der Waals surface area contributed by atoms with E-state index in [-0.39, 0.29) is 5.69 Å². The maximum Gasteiger partial charge on any atom is 0.356 e. The van der Waals surface area contributed by atoms with Crippen LogP contribution in [-0.4, -0.2) is 21.6 Å². The fraction of sp³-hybridized carbons (Fsp3) is 0.438. The third-order valence-corrected chi connectivity index (χ3v) is 3.67. The Morgan fingerprint density at radius 1 is 1.10 bits per heavy atom. The molecule has 0 spiro atoms. The molecule has 1 N–H and O–H groups in total. The molecule has 112 valence electrons. The van der Waals surface area contributed by atoms with Gasteiger partial charge in [-0.15, -0.1) is 0 Å². The average Bonchev–Trinajstić information content (AvgIpc) is 2.53. The van der Waals surface area contributed by atoms with Gasteiger partial charge in [-0.3, -0.25) is 4.57 Å². The Labute approximate surface area is 125 Å². The van der Waals surface area contributed by atoms with Crippen LogP contribution in [0.1, 0.15) is 37.5 Å². The summed E-state index contributed by atoms with van der Waals surface area (Å²) in [5.74, 6) is 0.345. The number of benzene rings is 1. The molecule has 1 heterocycles. The minimum absolute atomic E-state index is 0.303. The summed E-state index contributed by atoms with van der Waals surface area (Å²) in [4.78, 5) is 20.4. The minimum Gasteiger partial charge on any atom is -0.357 e. The first-order valence-corrected chi connectivity index (χ1v) is 7.43. The van der Waals surface area contributed by atoms with Crippen LogP contribution in [0.25, 0.3) is 5.69 Å². The van der Waals surface area contributed by atoms with Gasteiger partial charge in [-0.1, -0.05) is 32.9 Å². The predicted molar refractivity (Wildman–Crippen MR) is 85.3 cm³/mol. The Bertz CT molecular complexity index is 666. The third kappa shape index (κ3) is 2.96. The van der Waals surface area contributed by atoms with Crippen molar-refractivity contribution < 1.29 is 0 Å². The molecule has 0 amide bonds. The molecule has 1 aromatic heterocycles. The van der Waals surface area contributed by atoms with Crippen LogP contribution in [0.15, 0.2) is 23.3 Å². The van der Waals surface area contributed by atoms with E-state index in [2.05, 4.69) is 48.2 Å². The van der Waals surface area contributed by atoms with Gasteiger partial charge >= 0.3 is 5.69 Å². The molecule has 0 aliphatic carbocycles. The molecule has 0 saturated heterocycles. The molecule has 0 bridgehead atoms. The Kier molecular flexibility index (Phi) is 4.73. The molecule has 0 unspecified atom stereocenters. The summed E-state index contributed by atoms with van der Waals surface area (Å²) in [6, 6.07) is 4.35. The molecule has 0 saturated carbocycles. The highest BCUT2D eigenvalue weighted by molar-refractivity contribution is 5.51. The van der Waals surface area contributed by atoms with Crippen LogP contribution in [-0.2, 0) is 19.3 Å². The number of nitrogens with one attached hydrogen (secondary N) is 1. The van der Waals surface area contributed by atoms with Gasteiger partial charge in [0.15, 0.2) is 0 Å². The van der Waals surface area contributed by atoms with Gasteiger partial charge in [-0.2, -0.15) is 4.98 Å². The quantitative estimate of drug-likeness (QED) is 0.916. The van der Waals surface area contributed by atoms with Gasteiger partial charge < -0.3 is 5.32 Å². The Balaban J connectivity index is 2.70. The van der Waals surface area contributed by atoms with Crippen molar-refractivity contribution >= 4 is 5.95 Å². The van der Waals surface area contributed by atoms with Gasteiger partial charge in [0.1, 0.15) is 6.33 Å². The molecular weight excluding hydrogens is 264 g/mol. The van der Waals surface area contributed by atoms with Gasteiger partial charge in [0, 0.05) is 7.05 Å². The SMILES string of the molecule is CCc1cc(CC)c(-n2cnc(NC)nc2=O)c(CC)c1. The van der Waals surface area contributed by atoms with Crippen molar-refractivity contribution in [2.75, 3.05) is 12.4 Å². The summed E-state index contributed by atoms with van der Waals surface area (Å²) >= 11 is 0. The van der Waals surface area contributed by atoms with E-state index in [0.29, 0.717) is 5.95 Å². The Morgan fingerprint density at radius 2 is 1.71 bits per heavy atom. The standard InChI is InChI=1S/C16H22N4O/c1-5-11-8-12(6-2)14(13(7-3)9-11)20-10-18-15(17-4)19-16(20)21/h8-10H,5-7H2,1-4H3,(H,17,19,21). The Morgan fingerprint density at radius 3 is 2.14 bits per heavy atom. The molecule has 0 atom stereocenters. The normalized spacial score (nSPS) is 10.7. The first-order chi connectivity index (χ1) is 10.1. The summed E-state index contributed by atoms with van der Waals surface area (Å²) in [5.41, 5.74) is 4.25. The second kappa shape index (κ2) is 6.52. The Hall–Kier alpha value is -2.17. The fourth-order valence-corrected chi connectivity index (χ4v) is 2.49. The lowest BCUT2D eigenvalue weighted by Crippen LogP contribution is -2.25. The number of nitrogens with zero attached hydrogens (tertiary/aromatic N) is 3. The van der Waals surface area contributed by atoms with E-state index in [1.54, 1.807) is 17.9 Å². The van der Waals surface area contributed by atoms with Gasteiger partial charge in [0.2, 0.25) is 5.95 Å². The molecule has 2 aromatic rings. The summed E-state index contributed by atoms with van der Waals surface area (Å²) in [6.45, 7) is 6.35. The number of rotatable bonds is 5. The summed E-state index contributed by atoms with van der Waals surface area (Å²) in [6.07, 6.45) is 4.29. The molecule has 0 aliphatic rings. The molecule has 0 aliphatic heterocycles. The van der Waals surface area contributed by atoms with E-state index in [1.165, 1.54) is 5.56 Å². The second-order valence-electron chi connectivity index (χ2n) is 4.91. The largest absolute Gasteiger partial charge is 0.357 e. The molecule has 2 rings (SSSR count). The number of anilines is 1. The molecule has 5 nitrogen and oxygen atoms in total. The van der Waals surface area contributed by atoms with E-state index in [0.717, 1.165) is 36.1 Å². The topological polar surface area (TPSA) is 59.8 Å². The smallest absolute Gasteiger partial charge is 0.356 e. The van der Waals surface area contributed by atoms with Crippen LogP contribution in [0.3, 0.4) is 0 Å². The van der Waals surface area contributed by atoms with Gasteiger partial charge in [0.25, 0.3) is 0 Å². The second-order valence-corrected chi connectivity index (χ2v) is 4.91. The average molecular weight is 286 g/mol. The van der Waals surface area contributed by atoms with E-state index < -0.39 is 0 Å². The molecule has 5 heteroatoms. The number of hydrogen-bond donors (Lipinski definition) is 1. The monoisotopic (exact) mass is 286 g/mol. The van der Waals surface area contributed by atoms with Crippen LogP contribution in [0.4, 0.5) is 5.95 Å². The van der Waals surface area contributed by atoms with Gasteiger partial charge in [0.05, 0.1) is 5.69 Å². The van der Waals surface area contributed by atoms with Gasteiger partial charge in [-0.25, -0.2) is 9.78 Å². The van der Waals surface area contributed by atoms with Crippen LogP contribution < -0.4 is 11.0 Å². The van der Waals surface area contributed by atoms with Crippen molar-refractivity contribution in [3.05, 3.63) is 45.6 Å². The molecule has 1 aromatic carbocycles. The van der Waals surface area contributed by atoms with E-state index in [9.17, 15) is 4.79 Å². The van der Waals surface area contributed by atoms with Crippen molar-refractivity contribution in [2.24, 2.45) is 0 Å². The first kappa shape index (κ1) is 15.2.